The van der Waals surface area contributed by atoms with Crippen LogP contribution < -0.4 is 9.30 Å². The van der Waals surface area contributed by atoms with E-state index in [1.165, 1.54) is 5.56 Å². The van der Waals surface area contributed by atoms with Crippen molar-refractivity contribution in [2.45, 2.75) is 90.9 Å². The van der Waals surface area contributed by atoms with Crippen LogP contribution in [0.3, 0.4) is 0 Å². The van der Waals surface area contributed by atoms with Crippen LogP contribution in [0.4, 0.5) is 0 Å². The molecule has 3 heterocycles. The molecule has 0 spiro atoms. The number of rotatable bonds is 8. The first-order valence-corrected chi connectivity index (χ1v) is 26.8. The Bertz CT molecular complexity index is 4830. The summed E-state index contributed by atoms with van der Waals surface area (Å²) in [5.41, 5.74) is 10.4. The van der Waals surface area contributed by atoms with Gasteiger partial charge in [0.05, 0.1) is 30.4 Å². The van der Waals surface area contributed by atoms with Gasteiger partial charge >= 0.3 is 0 Å². The van der Waals surface area contributed by atoms with E-state index in [1.54, 1.807) is 22.8 Å². The van der Waals surface area contributed by atoms with Gasteiger partial charge in [-0.2, -0.15) is 17.7 Å². The Balaban J connectivity index is 0.00000785. The van der Waals surface area contributed by atoms with Crippen molar-refractivity contribution in [1.29, 1.82) is 0 Å². The standard InChI is InChI=1S/C74H64N4O.Pt/c1-71(2,3)52-37-38-75-69(42-52)78-65-36-33-51(48-23-14-11-15-24-48)39-60(65)59-35-34-55(44-66(59)78)79-56-41-53(72(4,5)6)40-54(43-56)76-47-77(70-57(49-25-16-12-17-26-49)29-22-30-58(70)50-27-18-13-19-28-50)68-46-64-63(45-67(68)76)73(7,8)61-31-20-21-32-62(61)74(64,9)10;/h11-42,45-46H,1-10H3;/q-2;/i12D,13D,16D,17D,18D,19D,25D,26D,27D,28D;. The van der Waals surface area contributed by atoms with Crippen LogP contribution in [0.1, 0.15) is 116 Å². The summed E-state index contributed by atoms with van der Waals surface area (Å²) in [5.74, 6) is 1.54. The Morgan fingerprint density at radius 3 is 1.79 bits per heavy atom. The zero-order valence-corrected chi connectivity index (χ0v) is 48.6. The van der Waals surface area contributed by atoms with Gasteiger partial charge in [0.25, 0.3) is 6.33 Å². The molecule has 0 unspecified atom stereocenters. The Morgan fingerprint density at radius 1 is 0.525 bits per heavy atom. The predicted molar refractivity (Wildman–Crippen MR) is 324 cm³/mol. The third-order valence-corrected chi connectivity index (χ3v) is 16.0. The minimum atomic E-state index is -0.577. The largest absolute Gasteiger partial charge is 0.510 e. The van der Waals surface area contributed by atoms with Crippen molar-refractivity contribution >= 4 is 32.8 Å². The van der Waals surface area contributed by atoms with E-state index >= 15 is 0 Å². The van der Waals surface area contributed by atoms with Crippen molar-refractivity contribution in [2.75, 3.05) is 0 Å². The molecule has 0 amide bonds. The van der Waals surface area contributed by atoms with Gasteiger partial charge in [0, 0.05) is 55.1 Å². The average molecular weight is 1230 g/mol. The maximum absolute atomic E-state index is 9.40. The first-order valence-electron chi connectivity index (χ1n) is 31.8. The molecule has 13 rings (SSSR count). The number of ether oxygens (including phenoxy) is 1. The molecule has 0 saturated carbocycles. The number of para-hydroxylation sites is 1. The van der Waals surface area contributed by atoms with Crippen LogP contribution in [0.15, 0.2) is 206 Å². The second-order valence-corrected chi connectivity index (χ2v) is 23.8. The van der Waals surface area contributed by atoms with Crippen molar-refractivity contribution in [2.24, 2.45) is 0 Å². The molecular weight excluding hydrogens is 1160 g/mol. The monoisotopic (exact) mass is 1230 g/mol. The molecule has 12 aromatic rings. The van der Waals surface area contributed by atoms with Crippen LogP contribution in [-0.2, 0) is 42.7 Å². The molecule has 0 bridgehead atoms. The quantitative estimate of drug-likeness (QED) is 0.112. The van der Waals surface area contributed by atoms with Gasteiger partial charge in [0.2, 0.25) is 0 Å². The van der Waals surface area contributed by atoms with Crippen LogP contribution in [0.25, 0.3) is 83.4 Å². The zero-order chi connectivity index (χ0) is 63.3. The summed E-state index contributed by atoms with van der Waals surface area (Å²) in [5, 5.41) is 1.99. The van der Waals surface area contributed by atoms with E-state index in [0.29, 0.717) is 28.2 Å². The minimum Gasteiger partial charge on any atom is -0.510 e. The van der Waals surface area contributed by atoms with E-state index in [1.807, 2.05) is 53.2 Å². The first-order chi connectivity index (χ1) is 42.1. The van der Waals surface area contributed by atoms with E-state index in [9.17, 15) is 5.48 Å². The predicted octanol–water partition coefficient (Wildman–Crippen LogP) is 18.2. The molecule has 0 aliphatic heterocycles. The second-order valence-electron chi connectivity index (χ2n) is 23.8. The van der Waals surface area contributed by atoms with Crippen LogP contribution in [0, 0.1) is 18.5 Å². The van der Waals surface area contributed by atoms with E-state index in [0.717, 1.165) is 66.6 Å². The Kier molecular flexibility index (Phi) is 10.3. The Morgan fingerprint density at radius 2 is 1.15 bits per heavy atom. The minimum absolute atomic E-state index is 0. The van der Waals surface area contributed by atoms with Gasteiger partial charge in [0.15, 0.2) is 0 Å². The van der Waals surface area contributed by atoms with Gasteiger partial charge in [-0.05, 0) is 113 Å². The summed E-state index contributed by atoms with van der Waals surface area (Å²) < 4.78 is 103. The molecule has 0 radical (unpaired) electrons. The van der Waals surface area contributed by atoms with Gasteiger partial charge in [-0.1, -0.05) is 220 Å². The van der Waals surface area contributed by atoms with Gasteiger partial charge in [-0.15, -0.1) is 29.7 Å². The third-order valence-electron chi connectivity index (χ3n) is 16.0. The maximum atomic E-state index is 9.40. The smallest absolute Gasteiger partial charge is 0.268 e. The molecule has 6 heteroatoms. The fourth-order valence-electron chi connectivity index (χ4n) is 11.6. The molecule has 1 aliphatic carbocycles. The average Bonchev–Trinajstić information content (AvgIpc) is 1.22. The molecular formula is C74H64N4OPt-2. The molecule has 5 nitrogen and oxygen atoms in total. The summed E-state index contributed by atoms with van der Waals surface area (Å²) in [6.45, 7) is 21.7. The molecule has 80 heavy (non-hydrogen) atoms. The molecule has 3 aromatic heterocycles. The van der Waals surface area contributed by atoms with E-state index in [-0.39, 0.29) is 54.4 Å². The van der Waals surface area contributed by atoms with Gasteiger partial charge < -0.3 is 13.9 Å². The summed E-state index contributed by atoms with van der Waals surface area (Å²) in [7, 11) is 0. The number of benzene rings is 9. The van der Waals surface area contributed by atoms with Gasteiger partial charge in [0.1, 0.15) is 5.82 Å². The SMILES string of the molecule is [2H]c1c([2H])c([2H])c(-c2cccc(-c3c([2H])c([2H])c([2H])c([2H])c3[2H])c2-[n+]2[c-]n(-c3[c-]c(Oc4[c-]c5c(cc4)c4cc(-c6ccccc6)ccc4n5-c4cc(C(C)(C)C)ccn4)cc(C(C)(C)C)c3)c3cc4c(cc32)C(C)(C)c2ccccc2C4(C)C)c([2H])c1[2H].[Pt]. The molecule has 9 aromatic carbocycles. The van der Waals surface area contributed by atoms with Crippen molar-refractivity contribution in [3.05, 3.63) is 258 Å². The van der Waals surface area contributed by atoms with Crippen LogP contribution in [-0.4, -0.2) is 14.1 Å². The zero-order valence-electron chi connectivity index (χ0n) is 56.4. The molecule has 0 saturated heterocycles. The summed E-state index contributed by atoms with van der Waals surface area (Å²) in [6, 6.07) is 48.6. The summed E-state index contributed by atoms with van der Waals surface area (Å²) >= 11 is 0. The van der Waals surface area contributed by atoms with Crippen molar-refractivity contribution in [3.8, 4) is 62.1 Å². The Hall–Kier alpha value is -8.11. The van der Waals surface area contributed by atoms with Crippen molar-refractivity contribution in [1.82, 2.24) is 14.1 Å². The van der Waals surface area contributed by atoms with E-state index in [4.69, 9.17) is 17.9 Å². The third kappa shape index (κ3) is 8.91. The second kappa shape index (κ2) is 19.6. The normalized spacial score (nSPS) is 15.5. The topological polar surface area (TPSA) is 35.9 Å². The maximum Gasteiger partial charge on any atom is 0.268 e. The first kappa shape index (κ1) is 41.9. The molecule has 398 valence electrons. The van der Waals surface area contributed by atoms with Crippen LogP contribution in [0.5, 0.6) is 11.5 Å². The number of hydrogen-bond donors (Lipinski definition) is 0. The molecule has 0 atom stereocenters. The molecule has 0 N–H and O–H groups in total. The fourth-order valence-corrected chi connectivity index (χ4v) is 11.6. The Labute approximate surface area is 499 Å². The van der Waals surface area contributed by atoms with E-state index in [2.05, 4.69) is 171 Å². The number of aromatic nitrogens is 4. The van der Waals surface area contributed by atoms with E-state index < -0.39 is 76.7 Å². The van der Waals surface area contributed by atoms with Crippen LogP contribution >= 0.6 is 0 Å². The van der Waals surface area contributed by atoms with Gasteiger partial charge in [-0.25, -0.2) is 4.98 Å². The molecule has 1 aliphatic rings. The fraction of sp³-hybridized carbons (Fsp3) is 0.189. The number of fused-ring (bicyclic) bond motifs is 6. The van der Waals surface area contributed by atoms with Crippen molar-refractivity contribution < 1.29 is 44.1 Å². The number of pyridine rings is 1. The van der Waals surface area contributed by atoms with Gasteiger partial charge in [-0.3, -0.25) is 4.57 Å². The van der Waals surface area contributed by atoms with Crippen molar-refractivity contribution in [3.63, 3.8) is 0 Å². The summed E-state index contributed by atoms with van der Waals surface area (Å²) in [4.78, 5) is 4.96. The summed E-state index contributed by atoms with van der Waals surface area (Å²) in [6.07, 6.45) is 5.54. The van der Waals surface area contributed by atoms with Crippen LogP contribution in [0.2, 0.25) is 0 Å². The molecule has 0 fully saturated rings. The number of hydrogen-bond acceptors (Lipinski definition) is 2. The number of nitrogens with zero attached hydrogens (tertiary/aromatic N) is 4. The number of imidazole rings is 1.